The molecule has 0 saturated carbocycles. The highest BCUT2D eigenvalue weighted by Crippen LogP contribution is 2.17. The fourth-order valence-corrected chi connectivity index (χ4v) is 3.33. The van der Waals surface area contributed by atoms with Gasteiger partial charge < -0.3 is 0 Å². The van der Waals surface area contributed by atoms with E-state index in [1.807, 2.05) is 13.1 Å². The van der Waals surface area contributed by atoms with Crippen LogP contribution in [0.1, 0.15) is 12.1 Å². The van der Waals surface area contributed by atoms with Crippen LogP contribution in [0.4, 0.5) is 5.69 Å². The van der Waals surface area contributed by atoms with Crippen molar-refractivity contribution in [3.8, 4) is 0 Å². The number of non-ortho nitro benzene ring substituents is 1. The number of nitrogens with one attached hydrogen (secondary N) is 1. The van der Waals surface area contributed by atoms with Crippen molar-refractivity contribution >= 4 is 31.6 Å². The number of nitrogens with zero attached hydrogens (tertiary/aromatic N) is 3. The molecule has 1 aromatic heterocycles. The maximum absolute atomic E-state index is 12.1. The van der Waals surface area contributed by atoms with Gasteiger partial charge in [-0.1, -0.05) is 6.07 Å². The molecule has 1 aromatic carbocycles. The Hall–Kier alpha value is -1.78. The summed E-state index contributed by atoms with van der Waals surface area (Å²) in [6.07, 6.45) is 2.37. The lowest BCUT2D eigenvalue weighted by Gasteiger charge is -2.07. The highest BCUT2D eigenvalue weighted by atomic mass is 79.9. The number of sulfonamides is 1. The predicted molar refractivity (Wildman–Crippen MR) is 87.6 cm³/mol. The molecule has 0 aliphatic carbocycles. The number of aromatic nitrogens is 2. The summed E-state index contributed by atoms with van der Waals surface area (Å²) in [5, 5.41) is 15.0. The number of nitro groups is 1. The number of rotatable bonds is 7. The van der Waals surface area contributed by atoms with Gasteiger partial charge >= 0.3 is 0 Å². The predicted octanol–water partition coefficient (Wildman–Crippen LogP) is 2.23. The summed E-state index contributed by atoms with van der Waals surface area (Å²) in [5.74, 6) is 0. The second-order valence-electron chi connectivity index (χ2n) is 4.83. The second-order valence-corrected chi connectivity index (χ2v) is 7.45. The van der Waals surface area contributed by atoms with E-state index in [2.05, 4.69) is 25.8 Å². The van der Waals surface area contributed by atoms with Crippen molar-refractivity contribution in [1.82, 2.24) is 14.5 Å². The summed E-state index contributed by atoms with van der Waals surface area (Å²) in [6.45, 7) is 2.64. The number of hydrogen-bond acceptors (Lipinski definition) is 5. The van der Waals surface area contributed by atoms with E-state index in [0.29, 0.717) is 13.0 Å². The Labute approximate surface area is 141 Å². The lowest BCUT2D eigenvalue weighted by atomic mass is 10.3. The zero-order valence-corrected chi connectivity index (χ0v) is 14.7. The maximum Gasteiger partial charge on any atom is 0.270 e. The summed E-state index contributed by atoms with van der Waals surface area (Å²) in [7, 11) is -3.77. The first-order valence-electron chi connectivity index (χ1n) is 6.73. The van der Waals surface area contributed by atoms with Gasteiger partial charge in [0.15, 0.2) is 0 Å². The molecule has 1 N–H and O–H groups in total. The molecule has 0 unspecified atom stereocenters. The molecule has 0 spiro atoms. The zero-order chi connectivity index (χ0) is 17.0. The van der Waals surface area contributed by atoms with Gasteiger partial charge in [-0.25, -0.2) is 13.1 Å². The van der Waals surface area contributed by atoms with Crippen molar-refractivity contribution in [2.75, 3.05) is 6.54 Å². The molecule has 0 amide bonds. The van der Waals surface area contributed by atoms with Crippen molar-refractivity contribution in [2.24, 2.45) is 0 Å². The first-order chi connectivity index (χ1) is 10.8. The average Bonchev–Trinajstić information content (AvgIpc) is 2.82. The topological polar surface area (TPSA) is 107 Å². The van der Waals surface area contributed by atoms with Gasteiger partial charge in [-0.3, -0.25) is 14.8 Å². The van der Waals surface area contributed by atoms with Gasteiger partial charge in [0.2, 0.25) is 10.0 Å². The SMILES string of the molecule is Cc1nn(CCCNS(=O)(=O)c2cccc([N+](=O)[O-])c2)cc1Br. The van der Waals surface area contributed by atoms with Crippen LogP contribution in [0, 0.1) is 17.0 Å². The lowest BCUT2D eigenvalue weighted by molar-refractivity contribution is -0.385. The van der Waals surface area contributed by atoms with Crippen LogP contribution in [0.5, 0.6) is 0 Å². The molecular formula is C13H15BrN4O4S. The van der Waals surface area contributed by atoms with Crippen LogP contribution in [0.15, 0.2) is 39.8 Å². The van der Waals surface area contributed by atoms with Crippen molar-refractivity contribution < 1.29 is 13.3 Å². The first kappa shape index (κ1) is 17.6. The van der Waals surface area contributed by atoms with Gasteiger partial charge in [0.05, 0.1) is 20.0 Å². The Morgan fingerprint density at radius 3 is 2.78 bits per heavy atom. The van der Waals surface area contributed by atoms with Gasteiger partial charge in [-0.15, -0.1) is 0 Å². The Morgan fingerprint density at radius 1 is 1.43 bits per heavy atom. The minimum atomic E-state index is -3.77. The Morgan fingerprint density at radius 2 is 2.17 bits per heavy atom. The normalized spacial score (nSPS) is 11.6. The van der Waals surface area contributed by atoms with E-state index in [0.717, 1.165) is 16.2 Å². The standard InChI is InChI=1S/C13H15BrN4O4S/c1-10-13(14)9-17(16-10)7-3-6-15-23(21,22)12-5-2-4-11(8-12)18(19)20/h2,4-5,8-9,15H,3,6-7H2,1H3. The van der Waals surface area contributed by atoms with E-state index < -0.39 is 14.9 Å². The van der Waals surface area contributed by atoms with Crippen LogP contribution < -0.4 is 4.72 Å². The first-order valence-corrected chi connectivity index (χ1v) is 9.01. The summed E-state index contributed by atoms with van der Waals surface area (Å²) < 4.78 is 29.3. The third-order valence-corrected chi connectivity index (χ3v) is 5.32. The van der Waals surface area contributed by atoms with E-state index in [9.17, 15) is 18.5 Å². The molecule has 0 atom stereocenters. The van der Waals surface area contributed by atoms with Crippen LogP contribution in [0.2, 0.25) is 0 Å². The lowest BCUT2D eigenvalue weighted by Crippen LogP contribution is -2.25. The third-order valence-electron chi connectivity index (χ3n) is 3.08. The van der Waals surface area contributed by atoms with Crippen LogP contribution in [-0.4, -0.2) is 29.7 Å². The highest BCUT2D eigenvalue weighted by Gasteiger charge is 2.16. The molecule has 0 aliphatic rings. The smallest absolute Gasteiger partial charge is 0.270 e. The minimum Gasteiger partial charge on any atom is -0.271 e. The van der Waals surface area contributed by atoms with Gasteiger partial charge in [0.25, 0.3) is 5.69 Å². The maximum atomic E-state index is 12.1. The van der Waals surface area contributed by atoms with Crippen molar-refractivity contribution in [3.05, 3.63) is 50.7 Å². The van der Waals surface area contributed by atoms with E-state index in [1.54, 1.807) is 4.68 Å². The van der Waals surface area contributed by atoms with Gasteiger partial charge in [-0.2, -0.15) is 5.10 Å². The van der Waals surface area contributed by atoms with Crippen LogP contribution in [0.3, 0.4) is 0 Å². The van der Waals surface area contributed by atoms with E-state index >= 15 is 0 Å². The highest BCUT2D eigenvalue weighted by molar-refractivity contribution is 9.10. The number of benzene rings is 1. The molecule has 23 heavy (non-hydrogen) atoms. The number of hydrogen-bond donors (Lipinski definition) is 1. The average molecular weight is 403 g/mol. The fourth-order valence-electron chi connectivity index (χ4n) is 1.90. The molecule has 0 aliphatic heterocycles. The van der Waals surface area contributed by atoms with E-state index in [-0.39, 0.29) is 17.1 Å². The Balaban J connectivity index is 1.93. The van der Waals surface area contributed by atoms with Gasteiger partial charge in [0.1, 0.15) is 0 Å². The van der Waals surface area contributed by atoms with Crippen molar-refractivity contribution in [2.45, 2.75) is 24.8 Å². The molecule has 0 bridgehead atoms. The largest absolute Gasteiger partial charge is 0.271 e. The minimum absolute atomic E-state index is 0.121. The number of nitro benzene ring substituents is 1. The molecule has 0 fully saturated rings. The fraction of sp³-hybridized carbons (Fsp3) is 0.308. The van der Waals surface area contributed by atoms with Crippen molar-refractivity contribution in [1.29, 1.82) is 0 Å². The molecule has 10 heteroatoms. The molecule has 2 aromatic rings. The number of aryl methyl sites for hydroxylation is 2. The van der Waals surface area contributed by atoms with Crippen LogP contribution >= 0.6 is 15.9 Å². The van der Waals surface area contributed by atoms with Crippen LogP contribution in [-0.2, 0) is 16.6 Å². The second kappa shape index (κ2) is 7.20. The molecule has 2 rings (SSSR count). The summed E-state index contributed by atoms with van der Waals surface area (Å²) in [6, 6.07) is 4.95. The molecular weight excluding hydrogens is 388 g/mol. The van der Waals surface area contributed by atoms with Gasteiger partial charge in [0, 0.05) is 31.4 Å². The van der Waals surface area contributed by atoms with Gasteiger partial charge in [-0.05, 0) is 35.3 Å². The Kier molecular flexibility index (Phi) is 5.50. The molecule has 0 saturated heterocycles. The van der Waals surface area contributed by atoms with E-state index in [4.69, 9.17) is 0 Å². The number of halogens is 1. The molecule has 124 valence electrons. The third kappa shape index (κ3) is 4.60. The quantitative estimate of drug-likeness (QED) is 0.434. The van der Waals surface area contributed by atoms with E-state index in [1.165, 1.54) is 18.2 Å². The Bertz CT molecular complexity index is 800. The monoisotopic (exact) mass is 402 g/mol. The van der Waals surface area contributed by atoms with Crippen LogP contribution in [0.25, 0.3) is 0 Å². The summed E-state index contributed by atoms with van der Waals surface area (Å²) >= 11 is 3.36. The molecule has 8 nitrogen and oxygen atoms in total. The molecule has 0 radical (unpaired) electrons. The molecule has 1 heterocycles. The summed E-state index contributed by atoms with van der Waals surface area (Å²) in [5.41, 5.74) is 0.604. The zero-order valence-electron chi connectivity index (χ0n) is 12.3. The summed E-state index contributed by atoms with van der Waals surface area (Å²) in [4.78, 5) is 9.95. The van der Waals surface area contributed by atoms with Crippen molar-refractivity contribution in [3.63, 3.8) is 0 Å².